The topological polar surface area (TPSA) is 79.2 Å². The first-order valence-corrected chi connectivity index (χ1v) is 6.70. The molecule has 2 rings (SSSR count). The van der Waals surface area contributed by atoms with Gasteiger partial charge in [-0.05, 0) is 12.0 Å². The van der Waals surface area contributed by atoms with E-state index in [0.717, 1.165) is 12.2 Å². The van der Waals surface area contributed by atoms with Crippen LogP contribution in [0.25, 0.3) is 0 Å². The Morgan fingerprint density at radius 1 is 1.60 bits per heavy atom. The average Bonchev–Trinajstić information content (AvgIpc) is 2.93. The summed E-state index contributed by atoms with van der Waals surface area (Å²) < 4.78 is 1.61. The lowest BCUT2D eigenvalue weighted by atomic mass is 10.1. The summed E-state index contributed by atoms with van der Waals surface area (Å²) in [6.45, 7) is 5.91. The van der Waals surface area contributed by atoms with Crippen LogP contribution in [0, 0.1) is 5.92 Å². The van der Waals surface area contributed by atoms with Gasteiger partial charge >= 0.3 is 0 Å². The third-order valence-corrected chi connectivity index (χ3v) is 3.55. The first kappa shape index (κ1) is 16.9. The first-order chi connectivity index (χ1) is 8.99. The summed E-state index contributed by atoms with van der Waals surface area (Å²) in [6.07, 6.45) is -0.377. The number of aromatic nitrogens is 2. The number of rotatable bonds is 4. The van der Waals surface area contributed by atoms with E-state index in [0.29, 0.717) is 24.7 Å². The van der Waals surface area contributed by atoms with E-state index >= 15 is 0 Å². The lowest BCUT2D eigenvalue weighted by molar-refractivity contribution is 0.0918. The second-order valence-corrected chi connectivity index (χ2v) is 5.43. The van der Waals surface area contributed by atoms with E-state index < -0.39 is 0 Å². The second-order valence-electron chi connectivity index (χ2n) is 5.43. The molecule has 0 aromatic carbocycles. The highest BCUT2D eigenvalue weighted by atomic mass is 35.5. The van der Waals surface area contributed by atoms with E-state index in [9.17, 15) is 9.90 Å². The molecule has 1 aliphatic heterocycles. The van der Waals surface area contributed by atoms with Gasteiger partial charge in [-0.2, -0.15) is 5.10 Å². The minimum atomic E-state index is -0.377. The van der Waals surface area contributed by atoms with Gasteiger partial charge in [-0.1, -0.05) is 13.8 Å². The van der Waals surface area contributed by atoms with Crippen LogP contribution >= 0.6 is 12.4 Å². The minimum absolute atomic E-state index is 0. The zero-order valence-electron chi connectivity index (χ0n) is 12.1. The predicted molar refractivity (Wildman–Crippen MR) is 79.2 cm³/mol. The number of hydrogen-bond donors (Lipinski definition) is 3. The fourth-order valence-electron chi connectivity index (χ4n) is 2.23. The van der Waals surface area contributed by atoms with Gasteiger partial charge in [0.25, 0.3) is 5.91 Å². The monoisotopic (exact) mass is 302 g/mol. The van der Waals surface area contributed by atoms with Crippen LogP contribution in [0.3, 0.4) is 0 Å². The fraction of sp³-hybridized carbons (Fsp3) is 0.692. The van der Waals surface area contributed by atoms with Crippen molar-refractivity contribution in [2.24, 2.45) is 13.0 Å². The van der Waals surface area contributed by atoms with Crippen LogP contribution in [0.2, 0.25) is 0 Å². The molecule has 0 radical (unpaired) electrons. The molecule has 2 unspecified atom stereocenters. The summed E-state index contributed by atoms with van der Waals surface area (Å²) in [5.74, 6) is 0.247. The van der Waals surface area contributed by atoms with Crippen LogP contribution in [0.15, 0.2) is 6.07 Å². The van der Waals surface area contributed by atoms with Crippen molar-refractivity contribution in [1.29, 1.82) is 0 Å². The highest BCUT2D eigenvalue weighted by Crippen LogP contribution is 2.14. The lowest BCUT2D eigenvalue weighted by Gasteiger charge is -2.13. The molecule has 1 aliphatic rings. The molecule has 1 fully saturated rings. The normalized spacial score (nSPS) is 21.9. The van der Waals surface area contributed by atoms with Crippen molar-refractivity contribution < 1.29 is 9.90 Å². The number of nitrogens with one attached hydrogen (secondary N) is 2. The van der Waals surface area contributed by atoms with Crippen molar-refractivity contribution in [3.8, 4) is 0 Å². The highest BCUT2D eigenvalue weighted by molar-refractivity contribution is 5.92. The van der Waals surface area contributed by atoms with Crippen LogP contribution in [0.4, 0.5) is 0 Å². The molecule has 114 valence electrons. The smallest absolute Gasteiger partial charge is 0.269 e. The maximum atomic E-state index is 12.1. The third-order valence-electron chi connectivity index (χ3n) is 3.55. The number of β-amino-alcohol motifs (C(OH)–C–C–N with tert-alkyl or cyclic N) is 1. The van der Waals surface area contributed by atoms with Crippen molar-refractivity contribution in [1.82, 2.24) is 20.4 Å². The largest absolute Gasteiger partial charge is 0.391 e. The molecule has 0 saturated carbocycles. The number of carbonyl (C=O) groups is 1. The van der Waals surface area contributed by atoms with Crippen molar-refractivity contribution in [3.63, 3.8) is 0 Å². The summed E-state index contributed by atoms with van der Waals surface area (Å²) in [5, 5.41) is 20.0. The number of halogens is 1. The average molecular weight is 303 g/mol. The molecule has 7 heteroatoms. The van der Waals surface area contributed by atoms with Gasteiger partial charge in [0.1, 0.15) is 5.69 Å². The standard InChI is InChI=1S/C13H22N4O2.ClH/c1-8(2)10-4-11(17(3)16-10)13(19)15-6-9-5-14-7-12(9)18;/h4,8-9,12,14,18H,5-7H2,1-3H3,(H,15,19);1H. The number of carbonyl (C=O) groups excluding carboxylic acids is 1. The van der Waals surface area contributed by atoms with Gasteiger partial charge in [0, 0.05) is 32.6 Å². The van der Waals surface area contributed by atoms with Crippen LogP contribution in [-0.2, 0) is 7.05 Å². The quantitative estimate of drug-likeness (QED) is 0.746. The van der Waals surface area contributed by atoms with Gasteiger partial charge in [0.2, 0.25) is 0 Å². The van der Waals surface area contributed by atoms with Gasteiger partial charge in [0.05, 0.1) is 11.8 Å². The number of hydrogen-bond acceptors (Lipinski definition) is 4. The molecule has 1 aromatic rings. The van der Waals surface area contributed by atoms with E-state index in [1.807, 2.05) is 19.9 Å². The molecular weight excluding hydrogens is 280 g/mol. The van der Waals surface area contributed by atoms with Gasteiger partial charge < -0.3 is 15.7 Å². The Kier molecular flexibility index (Phi) is 5.98. The maximum absolute atomic E-state index is 12.1. The summed E-state index contributed by atoms with van der Waals surface area (Å²) in [6, 6.07) is 1.82. The van der Waals surface area contributed by atoms with E-state index in [-0.39, 0.29) is 30.3 Å². The Morgan fingerprint density at radius 2 is 2.30 bits per heavy atom. The summed E-state index contributed by atoms with van der Waals surface area (Å²) in [5.41, 5.74) is 1.47. The van der Waals surface area contributed by atoms with E-state index in [1.165, 1.54) is 0 Å². The maximum Gasteiger partial charge on any atom is 0.269 e. The Morgan fingerprint density at radius 3 is 2.80 bits per heavy atom. The molecule has 1 saturated heterocycles. The van der Waals surface area contributed by atoms with Crippen LogP contribution in [0.5, 0.6) is 0 Å². The molecule has 6 nitrogen and oxygen atoms in total. The Balaban J connectivity index is 0.00000200. The highest BCUT2D eigenvalue weighted by Gasteiger charge is 2.25. The molecule has 1 aromatic heterocycles. The number of aliphatic hydroxyl groups is 1. The molecule has 20 heavy (non-hydrogen) atoms. The third kappa shape index (κ3) is 3.71. The van der Waals surface area contributed by atoms with Gasteiger partial charge in [0.15, 0.2) is 0 Å². The summed E-state index contributed by atoms with van der Waals surface area (Å²) >= 11 is 0. The Bertz CT molecular complexity index is 461. The van der Waals surface area contributed by atoms with E-state index in [2.05, 4.69) is 15.7 Å². The van der Waals surface area contributed by atoms with Crippen molar-refractivity contribution >= 4 is 18.3 Å². The number of amides is 1. The number of aliphatic hydroxyl groups excluding tert-OH is 1. The molecule has 2 heterocycles. The van der Waals surface area contributed by atoms with Gasteiger partial charge in [-0.3, -0.25) is 9.48 Å². The molecule has 0 aliphatic carbocycles. The molecular formula is C13H23ClN4O2. The van der Waals surface area contributed by atoms with E-state index in [1.54, 1.807) is 11.7 Å². The van der Waals surface area contributed by atoms with Crippen molar-refractivity contribution in [2.45, 2.75) is 25.9 Å². The molecule has 0 spiro atoms. The van der Waals surface area contributed by atoms with Crippen LogP contribution in [0.1, 0.15) is 35.9 Å². The SMILES string of the molecule is CC(C)c1cc(C(=O)NCC2CNCC2O)n(C)n1.Cl. The zero-order chi connectivity index (χ0) is 14.0. The van der Waals surface area contributed by atoms with Crippen molar-refractivity contribution in [3.05, 3.63) is 17.5 Å². The summed E-state index contributed by atoms with van der Waals surface area (Å²) in [4.78, 5) is 12.1. The fourth-order valence-corrected chi connectivity index (χ4v) is 2.23. The summed E-state index contributed by atoms with van der Waals surface area (Å²) in [7, 11) is 1.77. The van der Waals surface area contributed by atoms with Crippen molar-refractivity contribution in [2.75, 3.05) is 19.6 Å². The molecule has 2 atom stereocenters. The Hall–Kier alpha value is -1.11. The molecule has 3 N–H and O–H groups in total. The minimum Gasteiger partial charge on any atom is -0.391 e. The van der Waals surface area contributed by atoms with Gasteiger partial charge in [-0.25, -0.2) is 0 Å². The van der Waals surface area contributed by atoms with Crippen LogP contribution < -0.4 is 10.6 Å². The lowest BCUT2D eigenvalue weighted by Crippen LogP contribution is -2.35. The zero-order valence-corrected chi connectivity index (χ0v) is 12.9. The van der Waals surface area contributed by atoms with Gasteiger partial charge in [-0.15, -0.1) is 12.4 Å². The Labute approximate surface area is 125 Å². The number of aryl methyl sites for hydroxylation is 1. The molecule has 1 amide bonds. The number of nitrogens with zero attached hydrogens (tertiary/aromatic N) is 2. The second kappa shape index (κ2) is 7.06. The molecule has 0 bridgehead atoms. The van der Waals surface area contributed by atoms with E-state index in [4.69, 9.17) is 0 Å². The van der Waals surface area contributed by atoms with Crippen LogP contribution in [-0.4, -0.2) is 46.5 Å². The first-order valence-electron chi connectivity index (χ1n) is 6.70. The predicted octanol–water partition coefficient (Wildman–Crippen LogP) is 0.275.